The second kappa shape index (κ2) is 14.8. The fourth-order valence-corrected chi connectivity index (χ4v) is 10.1. The molecule has 2 bridgehead atoms. The number of fused-ring (bicyclic) bond motifs is 3. The lowest BCUT2D eigenvalue weighted by molar-refractivity contribution is 0.190. The molecule has 3 aromatic rings. The van der Waals surface area contributed by atoms with Crippen molar-refractivity contribution in [3.8, 4) is 0 Å². The zero-order chi connectivity index (χ0) is 33.8. The smallest absolute Gasteiger partial charge is 0.243 e. The van der Waals surface area contributed by atoms with Gasteiger partial charge in [0, 0.05) is 78.5 Å². The standard InChI is InChI=1S/C33H45N5O6S3/c1-28-4-10-31(11-5-28)45(39,40)36-22-18-34-16-17-35(19-23-36)21-25-38(47(43,44)33-14-8-30(3)9-15-33)27-26-37(24-20-34)46(41,42)32-12-6-29(2)7-13-32/h4-15H,16-27H2,1-3H3. The van der Waals surface area contributed by atoms with Gasteiger partial charge in [-0.1, -0.05) is 53.1 Å². The second-order valence-corrected chi connectivity index (χ2v) is 18.1. The van der Waals surface area contributed by atoms with Crippen LogP contribution < -0.4 is 0 Å². The number of hydrogen-bond acceptors (Lipinski definition) is 8. The molecule has 0 N–H and O–H groups in total. The third-order valence-corrected chi connectivity index (χ3v) is 14.7. The maximum absolute atomic E-state index is 14.0. The average Bonchev–Trinajstić information content (AvgIpc) is 3.12. The molecule has 14 heteroatoms. The molecule has 0 spiro atoms. The summed E-state index contributed by atoms with van der Waals surface area (Å²) in [7, 11) is -11.7. The molecule has 2 aliphatic rings. The van der Waals surface area contributed by atoms with Crippen LogP contribution in [-0.2, 0) is 30.1 Å². The molecule has 2 heterocycles. The van der Waals surface area contributed by atoms with Gasteiger partial charge in [-0.3, -0.25) is 9.80 Å². The van der Waals surface area contributed by atoms with E-state index >= 15 is 0 Å². The first-order valence-electron chi connectivity index (χ1n) is 15.9. The Labute approximate surface area is 280 Å². The van der Waals surface area contributed by atoms with Gasteiger partial charge in [0.05, 0.1) is 14.7 Å². The predicted molar refractivity (Wildman–Crippen MR) is 183 cm³/mol. The SMILES string of the molecule is Cc1ccc(S(=O)(=O)N2CCN3CCN(CC2)CCN(S(=O)(=O)c2ccc(C)cc2)CCN(S(=O)(=O)c2ccc(C)cc2)CC3)cc1. The van der Waals surface area contributed by atoms with Crippen LogP contribution >= 0.6 is 0 Å². The molecule has 11 nitrogen and oxygen atoms in total. The number of hydrogen-bond donors (Lipinski definition) is 0. The number of rotatable bonds is 6. The summed E-state index contributed by atoms with van der Waals surface area (Å²) in [6, 6.07) is 20.1. The summed E-state index contributed by atoms with van der Waals surface area (Å²) in [6.07, 6.45) is 0. The van der Waals surface area contributed by atoms with Gasteiger partial charge in [-0.25, -0.2) is 25.3 Å². The van der Waals surface area contributed by atoms with E-state index in [1.807, 2.05) is 20.8 Å². The van der Waals surface area contributed by atoms with Gasteiger partial charge in [-0.2, -0.15) is 12.9 Å². The van der Waals surface area contributed by atoms with Gasteiger partial charge in [0.25, 0.3) is 0 Å². The Morgan fingerprint density at radius 3 is 0.766 bits per heavy atom. The van der Waals surface area contributed by atoms with E-state index in [1.54, 1.807) is 72.8 Å². The Kier molecular flexibility index (Phi) is 11.2. The first-order chi connectivity index (χ1) is 22.3. The Morgan fingerprint density at radius 2 is 0.532 bits per heavy atom. The van der Waals surface area contributed by atoms with Crippen molar-refractivity contribution in [2.24, 2.45) is 0 Å². The largest absolute Gasteiger partial charge is 0.299 e. The third-order valence-electron chi connectivity index (χ3n) is 8.97. The summed E-state index contributed by atoms with van der Waals surface area (Å²) >= 11 is 0. The molecule has 0 saturated carbocycles. The maximum Gasteiger partial charge on any atom is 0.243 e. The molecule has 2 saturated heterocycles. The highest BCUT2D eigenvalue weighted by Gasteiger charge is 2.32. The molecule has 0 aromatic heterocycles. The van der Waals surface area contributed by atoms with Gasteiger partial charge in [0.2, 0.25) is 30.1 Å². The number of sulfonamides is 3. The Bertz CT molecular complexity index is 1730. The number of nitrogens with zero attached hydrogens (tertiary/aromatic N) is 5. The molecular formula is C33H45N5O6S3. The molecule has 5 rings (SSSR count). The van der Waals surface area contributed by atoms with Crippen molar-refractivity contribution in [3.63, 3.8) is 0 Å². The van der Waals surface area contributed by atoms with Crippen LogP contribution in [0, 0.1) is 20.8 Å². The Morgan fingerprint density at radius 1 is 0.340 bits per heavy atom. The Hall–Kier alpha value is -2.69. The van der Waals surface area contributed by atoms with E-state index in [9.17, 15) is 25.3 Å². The molecule has 3 aromatic carbocycles. The zero-order valence-corrected chi connectivity index (χ0v) is 29.8. The summed E-state index contributed by atoms with van der Waals surface area (Å²) in [5.74, 6) is 0. The maximum atomic E-state index is 14.0. The third kappa shape index (κ3) is 8.49. The van der Waals surface area contributed by atoms with Crippen LogP contribution in [0.3, 0.4) is 0 Å². The fourth-order valence-electron chi connectivity index (χ4n) is 5.82. The minimum Gasteiger partial charge on any atom is -0.299 e. The lowest BCUT2D eigenvalue weighted by Crippen LogP contribution is -2.48. The first-order valence-corrected chi connectivity index (χ1v) is 20.2. The molecule has 2 unspecified atom stereocenters. The molecule has 2 atom stereocenters. The average molecular weight is 704 g/mol. The lowest BCUT2D eigenvalue weighted by atomic mass is 10.2. The molecule has 47 heavy (non-hydrogen) atoms. The normalized spacial score (nSPS) is 22.0. The van der Waals surface area contributed by atoms with Crippen LogP contribution in [0.15, 0.2) is 87.5 Å². The molecule has 256 valence electrons. The summed E-state index contributed by atoms with van der Waals surface area (Å²) in [4.78, 5) is 4.74. The van der Waals surface area contributed by atoms with Gasteiger partial charge in [-0.05, 0) is 57.2 Å². The topological polar surface area (TPSA) is 119 Å². The zero-order valence-electron chi connectivity index (χ0n) is 27.3. The fraction of sp³-hybridized carbons (Fsp3) is 0.455. The van der Waals surface area contributed by atoms with E-state index in [0.29, 0.717) is 39.3 Å². The molecule has 0 aliphatic carbocycles. The highest BCUT2D eigenvalue weighted by Crippen LogP contribution is 2.22. The Balaban J connectivity index is 1.48. The van der Waals surface area contributed by atoms with Gasteiger partial charge in [0.1, 0.15) is 0 Å². The minimum atomic E-state index is -3.95. The van der Waals surface area contributed by atoms with Crippen LogP contribution in [-0.4, -0.2) is 127 Å². The molecule has 0 amide bonds. The summed E-state index contributed by atoms with van der Waals surface area (Å²) in [6.45, 7) is 9.15. The summed E-state index contributed by atoms with van der Waals surface area (Å²) in [5.41, 5.74) is 2.82. The van der Waals surface area contributed by atoms with Crippen LogP contribution in [0.2, 0.25) is 0 Å². The summed E-state index contributed by atoms with van der Waals surface area (Å²) < 4.78 is 87.6. The van der Waals surface area contributed by atoms with Gasteiger partial charge >= 0.3 is 0 Å². The molecular weight excluding hydrogens is 659 g/mol. The van der Waals surface area contributed by atoms with Crippen LogP contribution in [0.1, 0.15) is 16.7 Å². The summed E-state index contributed by atoms with van der Waals surface area (Å²) in [5, 5.41) is 0. The first kappa shape index (κ1) is 35.6. The molecule has 2 aliphatic heterocycles. The highest BCUT2D eigenvalue weighted by atomic mass is 32.2. The van der Waals surface area contributed by atoms with Crippen molar-refractivity contribution in [3.05, 3.63) is 89.5 Å². The number of benzene rings is 3. The molecule has 0 radical (unpaired) electrons. The van der Waals surface area contributed by atoms with Crippen LogP contribution in [0.5, 0.6) is 0 Å². The van der Waals surface area contributed by atoms with Crippen molar-refractivity contribution in [1.82, 2.24) is 22.7 Å². The van der Waals surface area contributed by atoms with Crippen molar-refractivity contribution >= 4 is 30.1 Å². The van der Waals surface area contributed by atoms with Crippen molar-refractivity contribution in [2.75, 3.05) is 78.5 Å². The lowest BCUT2D eigenvalue weighted by Gasteiger charge is -2.33. The highest BCUT2D eigenvalue weighted by molar-refractivity contribution is 7.89. The van der Waals surface area contributed by atoms with Gasteiger partial charge < -0.3 is 0 Å². The number of aryl methyl sites for hydroxylation is 3. The monoisotopic (exact) mass is 703 g/mol. The predicted octanol–water partition coefficient (Wildman–Crippen LogP) is 2.62. The quantitative estimate of drug-likeness (QED) is 0.385. The van der Waals surface area contributed by atoms with E-state index in [0.717, 1.165) is 16.7 Å². The van der Waals surface area contributed by atoms with Crippen LogP contribution in [0.4, 0.5) is 0 Å². The minimum absolute atomic E-state index is 0.0247. The van der Waals surface area contributed by atoms with Crippen molar-refractivity contribution in [1.29, 1.82) is 0 Å². The van der Waals surface area contributed by atoms with E-state index < -0.39 is 30.1 Å². The van der Waals surface area contributed by atoms with Crippen molar-refractivity contribution in [2.45, 2.75) is 35.5 Å². The van der Waals surface area contributed by atoms with E-state index in [4.69, 9.17) is 0 Å². The van der Waals surface area contributed by atoms with Crippen molar-refractivity contribution < 1.29 is 25.3 Å². The van der Waals surface area contributed by atoms with E-state index in [1.165, 1.54) is 12.9 Å². The van der Waals surface area contributed by atoms with Gasteiger partial charge in [0.15, 0.2) is 0 Å². The van der Waals surface area contributed by atoms with Gasteiger partial charge in [-0.15, -0.1) is 0 Å². The second-order valence-electron chi connectivity index (χ2n) is 12.3. The van der Waals surface area contributed by atoms with Crippen LogP contribution in [0.25, 0.3) is 0 Å². The van der Waals surface area contributed by atoms with E-state index in [2.05, 4.69) is 9.80 Å². The molecule has 2 fully saturated rings. The van der Waals surface area contributed by atoms with E-state index in [-0.39, 0.29) is 54.0 Å².